The molecule has 0 aliphatic heterocycles. The third kappa shape index (κ3) is 2.91. The Labute approximate surface area is 154 Å². The van der Waals surface area contributed by atoms with Gasteiger partial charge in [0.15, 0.2) is 0 Å². The molecule has 0 atom stereocenters. The molecule has 6 heteroatoms. The first kappa shape index (κ1) is 16.2. The maximum atomic E-state index is 11.8. The molecule has 0 unspecified atom stereocenters. The molecule has 2 heterocycles. The predicted octanol–water partition coefficient (Wildman–Crippen LogP) is 4.67. The minimum absolute atomic E-state index is 0.277. The van der Waals surface area contributed by atoms with Gasteiger partial charge in [0.25, 0.3) is 0 Å². The normalized spacial score (nSPS) is 10.8. The summed E-state index contributed by atoms with van der Waals surface area (Å²) < 4.78 is 1.67. The molecular formula is C20H15N3O2S. The van der Waals surface area contributed by atoms with E-state index in [4.69, 9.17) is 0 Å². The zero-order valence-electron chi connectivity index (χ0n) is 14.0. The van der Waals surface area contributed by atoms with E-state index >= 15 is 0 Å². The zero-order chi connectivity index (χ0) is 18.1. The minimum atomic E-state index is -0.955. The van der Waals surface area contributed by atoms with Crippen LogP contribution in [0, 0.1) is 6.92 Å². The average Bonchev–Trinajstić information content (AvgIpc) is 3.30. The number of rotatable bonds is 4. The SMILES string of the molecule is Cc1ccc(-n2nncc2-c2cc(-c3ccccc3)sc2C(=O)O)cc1. The largest absolute Gasteiger partial charge is 0.477 e. The molecule has 2 aromatic carbocycles. The summed E-state index contributed by atoms with van der Waals surface area (Å²) >= 11 is 1.26. The van der Waals surface area contributed by atoms with Crippen LogP contribution in [0.25, 0.3) is 27.4 Å². The van der Waals surface area contributed by atoms with Gasteiger partial charge in [0.05, 0.1) is 17.6 Å². The van der Waals surface area contributed by atoms with Crippen molar-refractivity contribution < 1.29 is 9.90 Å². The zero-order valence-corrected chi connectivity index (χ0v) is 14.8. The molecule has 2 aromatic heterocycles. The van der Waals surface area contributed by atoms with Crippen LogP contribution >= 0.6 is 11.3 Å². The molecule has 0 bridgehead atoms. The summed E-state index contributed by atoms with van der Waals surface area (Å²) in [7, 11) is 0. The van der Waals surface area contributed by atoms with Gasteiger partial charge in [-0.25, -0.2) is 9.48 Å². The van der Waals surface area contributed by atoms with Crippen molar-refractivity contribution in [3.8, 4) is 27.4 Å². The van der Waals surface area contributed by atoms with Crippen LogP contribution in [-0.4, -0.2) is 26.1 Å². The number of carboxylic acids is 1. The number of carbonyl (C=O) groups is 1. The fourth-order valence-corrected chi connectivity index (χ4v) is 3.79. The summed E-state index contributed by atoms with van der Waals surface area (Å²) in [5, 5.41) is 17.8. The summed E-state index contributed by atoms with van der Waals surface area (Å²) in [6, 6.07) is 19.5. The van der Waals surface area contributed by atoms with Crippen LogP contribution < -0.4 is 0 Å². The average molecular weight is 361 g/mol. The molecule has 4 rings (SSSR count). The fraction of sp³-hybridized carbons (Fsp3) is 0.0500. The van der Waals surface area contributed by atoms with Crippen molar-refractivity contribution in [3.05, 3.63) is 77.3 Å². The number of aryl methyl sites for hydroxylation is 1. The number of nitrogens with zero attached hydrogens (tertiary/aromatic N) is 3. The van der Waals surface area contributed by atoms with Crippen molar-refractivity contribution >= 4 is 17.3 Å². The van der Waals surface area contributed by atoms with E-state index in [0.29, 0.717) is 11.3 Å². The van der Waals surface area contributed by atoms with E-state index in [0.717, 1.165) is 21.7 Å². The van der Waals surface area contributed by atoms with E-state index < -0.39 is 5.97 Å². The first-order chi connectivity index (χ1) is 12.6. The van der Waals surface area contributed by atoms with Crippen LogP contribution in [0.1, 0.15) is 15.2 Å². The van der Waals surface area contributed by atoms with Crippen LogP contribution in [-0.2, 0) is 0 Å². The standard InChI is InChI=1S/C20H15N3O2S/c1-13-7-9-15(10-8-13)23-17(12-21-22-23)16-11-18(26-19(16)20(24)25)14-5-3-2-4-6-14/h2-12H,1H3,(H,24,25). The Hall–Kier alpha value is -3.25. The second-order valence-corrected chi connectivity index (χ2v) is 6.94. The molecule has 0 aliphatic rings. The molecule has 1 N–H and O–H groups in total. The maximum absolute atomic E-state index is 11.8. The number of aromatic nitrogens is 3. The predicted molar refractivity (Wildman–Crippen MR) is 102 cm³/mol. The lowest BCUT2D eigenvalue weighted by molar-refractivity contribution is 0.0703. The van der Waals surface area contributed by atoms with Gasteiger partial charge in [-0.1, -0.05) is 53.2 Å². The molecule has 128 valence electrons. The number of carboxylic acid groups (broad SMARTS) is 1. The van der Waals surface area contributed by atoms with Gasteiger partial charge < -0.3 is 5.11 Å². The molecular weight excluding hydrogens is 346 g/mol. The van der Waals surface area contributed by atoms with Crippen LogP contribution in [0.5, 0.6) is 0 Å². The molecule has 26 heavy (non-hydrogen) atoms. The van der Waals surface area contributed by atoms with E-state index in [1.54, 1.807) is 10.9 Å². The number of thiophene rings is 1. The van der Waals surface area contributed by atoms with Gasteiger partial charge in [0.2, 0.25) is 0 Å². The molecule has 0 fully saturated rings. The lowest BCUT2D eigenvalue weighted by atomic mass is 10.1. The number of hydrogen-bond donors (Lipinski definition) is 1. The third-order valence-electron chi connectivity index (χ3n) is 4.09. The molecule has 4 aromatic rings. The number of hydrogen-bond acceptors (Lipinski definition) is 4. The van der Waals surface area contributed by atoms with Crippen LogP contribution in [0.15, 0.2) is 66.9 Å². The van der Waals surface area contributed by atoms with Gasteiger partial charge in [-0.15, -0.1) is 16.4 Å². The van der Waals surface area contributed by atoms with E-state index in [2.05, 4.69) is 10.3 Å². The minimum Gasteiger partial charge on any atom is -0.477 e. The van der Waals surface area contributed by atoms with Crippen molar-refractivity contribution in [1.82, 2.24) is 15.0 Å². The Morgan fingerprint density at radius 2 is 1.81 bits per heavy atom. The van der Waals surface area contributed by atoms with Crippen LogP contribution in [0.2, 0.25) is 0 Å². The highest BCUT2D eigenvalue weighted by molar-refractivity contribution is 7.17. The molecule has 5 nitrogen and oxygen atoms in total. The fourth-order valence-electron chi connectivity index (χ4n) is 2.78. The van der Waals surface area contributed by atoms with Gasteiger partial charge in [0, 0.05) is 10.4 Å². The summed E-state index contributed by atoms with van der Waals surface area (Å²) in [6.07, 6.45) is 1.60. The topological polar surface area (TPSA) is 68.0 Å². The molecule has 0 aliphatic carbocycles. The van der Waals surface area contributed by atoms with Crippen molar-refractivity contribution in [2.75, 3.05) is 0 Å². The molecule has 0 radical (unpaired) electrons. The highest BCUT2D eigenvalue weighted by atomic mass is 32.1. The van der Waals surface area contributed by atoms with Crippen LogP contribution in [0.4, 0.5) is 0 Å². The van der Waals surface area contributed by atoms with Crippen LogP contribution in [0.3, 0.4) is 0 Å². The van der Waals surface area contributed by atoms with Gasteiger partial charge in [-0.3, -0.25) is 0 Å². The quantitative estimate of drug-likeness (QED) is 0.573. The Kier molecular flexibility index (Phi) is 4.10. The van der Waals surface area contributed by atoms with Crippen molar-refractivity contribution in [2.45, 2.75) is 6.92 Å². The first-order valence-corrected chi connectivity index (χ1v) is 8.86. The van der Waals surface area contributed by atoms with Crippen molar-refractivity contribution in [1.29, 1.82) is 0 Å². The van der Waals surface area contributed by atoms with Gasteiger partial charge >= 0.3 is 5.97 Å². The molecule has 0 saturated heterocycles. The highest BCUT2D eigenvalue weighted by Crippen LogP contribution is 2.37. The Morgan fingerprint density at radius 3 is 2.50 bits per heavy atom. The van der Waals surface area contributed by atoms with Crippen molar-refractivity contribution in [2.24, 2.45) is 0 Å². The molecule has 0 spiro atoms. The second-order valence-electron chi connectivity index (χ2n) is 5.89. The highest BCUT2D eigenvalue weighted by Gasteiger charge is 2.21. The lowest BCUT2D eigenvalue weighted by Crippen LogP contribution is -2.01. The Morgan fingerprint density at radius 1 is 1.08 bits per heavy atom. The van der Waals surface area contributed by atoms with Gasteiger partial charge in [0.1, 0.15) is 4.88 Å². The summed E-state index contributed by atoms with van der Waals surface area (Å²) in [5.41, 5.74) is 4.24. The number of benzene rings is 2. The van der Waals surface area contributed by atoms with Crippen molar-refractivity contribution in [3.63, 3.8) is 0 Å². The summed E-state index contributed by atoms with van der Waals surface area (Å²) in [6.45, 7) is 2.01. The monoisotopic (exact) mass is 361 g/mol. The first-order valence-electron chi connectivity index (χ1n) is 8.04. The number of aromatic carboxylic acids is 1. The molecule has 0 saturated carbocycles. The summed E-state index contributed by atoms with van der Waals surface area (Å²) in [4.78, 5) is 13.0. The lowest BCUT2D eigenvalue weighted by Gasteiger charge is -2.06. The second kappa shape index (κ2) is 6.57. The Bertz CT molecular complexity index is 1070. The van der Waals surface area contributed by atoms with E-state index in [1.165, 1.54) is 11.3 Å². The van der Waals surface area contributed by atoms with Gasteiger partial charge in [-0.05, 0) is 30.7 Å². The van der Waals surface area contributed by atoms with E-state index in [-0.39, 0.29) is 4.88 Å². The maximum Gasteiger partial charge on any atom is 0.346 e. The summed E-state index contributed by atoms with van der Waals surface area (Å²) in [5.74, 6) is -0.955. The van der Waals surface area contributed by atoms with Gasteiger partial charge in [-0.2, -0.15) is 0 Å². The van der Waals surface area contributed by atoms with E-state index in [9.17, 15) is 9.90 Å². The third-order valence-corrected chi connectivity index (χ3v) is 5.26. The Balaban J connectivity index is 1.86. The van der Waals surface area contributed by atoms with E-state index in [1.807, 2.05) is 67.6 Å². The molecule has 0 amide bonds. The smallest absolute Gasteiger partial charge is 0.346 e.